The van der Waals surface area contributed by atoms with E-state index in [0.29, 0.717) is 11.6 Å². The van der Waals surface area contributed by atoms with Crippen LogP contribution in [0.5, 0.6) is 0 Å². The summed E-state index contributed by atoms with van der Waals surface area (Å²) in [5, 5.41) is 2.63. The zero-order valence-corrected chi connectivity index (χ0v) is 11.2. The molecule has 2 rings (SSSR count). The quantitative estimate of drug-likeness (QED) is 0.910. The number of carbonyl (C=O) groups excluding carboxylic acids is 1. The van der Waals surface area contributed by atoms with E-state index in [4.69, 9.17) is 5.73 Å². The molecule has 0 aliphatic carbocycles. The molecule has 0 unspecified atom stereocenters. The molecule has 0 spiro atoms. The molecule has 110 valence electrons. The maximum Gasteiger partial charge on any atom is 0.251 e. The van der Waals surface area contributed by atoms with Crippen molar-refractivity contribution in [2.24, 2.45) is 5.73 Å². The smallest absolute Gasteiger partial charge is 0.251 e. The first kappa shape index (κ1) is 14.9. The highest BCUT2D eigenvalue weighted by molar-refractivity contribution is 5.94. The molecule has 2 aromatic carbocycles. The van der Waals surface area contributed by atoms with Crippen molar-refractivity contribution < 1.29 is 18.0 Å². The van der Waals surface area contributed by atoms with Crippen LogP contribution in [-0.2, 0) is 6.54 Å². The molecule has 0 heterocycles. The van der Waals surface area contributed by atoms with Gasteiger partial charge >= 0.3 is 0 Å². The molecule has 0 saturated heterocycles. The van der Waals surface area contributed by atoms with Crippen LogP contribution < -0.4 is 11.1 Å². The minimum absolute atomic E-state index is 0.00569. The van der Waals surface area contributed by atoms with Gasteiger partial charge in [0.1, 0.15) is 17.5 Å². The van der Waals surface area contributed by atoms with E-state index in [2.05, 4.69) is 5.32 Å². The molecular formula is C15H13F3N2O. The van der Waals surface area contributed by atoms with Crippen molar-refractivity contribution in [3.8, 4) is 0 Å². The third kappa shape index (κ3) is 3.34. The van der Waals surface area contributed by atoms with Crippen LogP contribution in [0.15, 0.2) is 30.3 Å². The Hall–Kier alpha value is -2.50. The third-order valence-corrected chi connectivity index (χ3v) is 2.99. The number of halogens is 3. The second-order valence-electron chi connectivity index (χ2n) is 4.62. The van der Waals surface area contributed by atoms with E-state index in [1.807, 2.05) is 0 Å². The largest absolute Gasteiger partial charge is 0.378 e. The van der Waals surface area contributed by atoms with Crippen molar-refractivity contribution in [2.45, 2.75) is 13.5 Å². The number of benzene rings is 2. The third-order valence-electron chi connectivity index (χ3n) is 2.99. The van der Waals surface area contributed by atoms with Gasteiger partial charge in [-0.25, -0.2) is 13.2 Å². The number of hydrogen-bond donors (Lipinski definition) is 2. The summed E-state index contributed by atoms with van der Waals surface area (Å²) in [6.07, 6.45) is 0. The normalized spacial score (nSPS) is 10.5. The molecule has 0 aromatic heterocycles. The lowest BCUT2D eigenvalue weighted by Crippen LogP contribution is -2.14. The summed E-state index contributed by atoms with van der Waals surface area (Å²) in [5.41, 5.74) is 5.63. The van der Waals surface area contributed by atoms with Gasteiger partial charge < -0.3 is 11.1 Å². The van der Waals surface area contributed by atoms with Gasteiger partial charge in [0.25, 0.3) is 5.91 Å². The lowest BCUT2D eigenvalue weighted by molar-refractivity contribution is 0.0996. The summed E-state index contributed by atoms with van der Waals surface area (Å²) >= 11 is 0. The number of carbonyl (C=O) groups is 1. The number of rotatable bonds is 4. The lowest BCUT2D eigenvalue weighted by Gasteiger charge is -2.10. The molecule has 1 amide bonds. The van der Waals surface area contributed by atoms with Crippen molar-refractivity contribution in [1.82, 2.24) is 0 Å². The first-order valence-electron chi connectivity index (χ1n) is 6.16. The lowest BCUT2D eigenvalue weighted by atomic mass is 10.1. The van der Waals surface area contributed by atoms with Crippen LogP contribution in [-0.4, -0.2) is 5.91 Å². The van der Waals surface area contributed by atoms with E-state index >= 15 is 0 Å². The van der Waals surface area contributed by atoms with Crippen LogP contribution in [0.2, 0.25) is 0 Å². The maximum absolute atomic E-state index is 13.6. The van der Waals surface area contributed by atoms with Crippen LogP contribution in [0, 0.1) is 24.4 Å². The van der Waals surface area contributed by atoms with Gasteiger partial charge in [-0.15, -0.1) is 0 Å². The van der Waals surface area contributed by atoms with Crippen LogP contribution in [0.4, 0.5) is 18.9 Å². The predicted molar refractivity (Wildman–Crippen MR) is 73.3 cm³/mol. The molecule has 0 fully saturated rings. The molecule has 21 heavy (non-hydrogen) atoms. The summed E-state index contributed by atoms with van der Waals surface area (Å²) in [6.45, 7) is 1.79. The minimum atomic E-state index is -1.03. The van der Waals surface area contributed by atoms with Gasteiger partial charge in [0.05, 0.1) is 11.3 Å². The number of aryl methyl sites for hydroxylation is 1. The molecule has 3 N–H and O–H groups in total. The van der Waals surface area contributed by atoms with Crippen molar-refractivity contribution in [1.29, 1.82) is 0 Å². The molecule has 6 heteroatoms. The number of anilines is 1. The summed E-state index contributed by atoms with van der Waals surface area (Å²) in [4.78, 5) is 11.0. The first-order chi connectivity index (χ1) is 9.88. The van der Waals surface area contributed by atoms with Crippen LogP contribution >= 0.6 is 0 Å². The van der Waals surface area contributed by atoms with Crippen LogP contribution in [0.25, 0.3) is 0 Å². The molecule has 2 aromatic rings. The van der Waals surface area contributed by atoms with Gasteiger partial charge in [-0.3, -0.25) is 4.79 Å². The van der Waals surface area contributed by atoms with Crippen molar-refractivity contribution in [2.75, 3.05) is 5.32 Å². The zero-order valence-electron chi connectivity index (χ0n) is 11.2. The Morgan fingerprint density at radius 2 is 1.81 bits per heavy atom. The van der Waals surface area contributed by atoms with Crippen molar-refractivity contribution in [3.63, 3.8) is 0 Å². The molecular weight excluding hydrogens is 281 g/mol. The van der Waals surface area contributed by atoms with Crippen molar-refractivity contribution >= 4 is 11.6 Å². The highest BCUT2D eigenvalue weighted by Gasteiger charge is 2.14. The predicted octanol–water partition coefficient (Wildman–Crippen LogP) is 3.12. The number of hydrogen-bond acceptors (Lipinski definition) is 2. The highest BCUT2D eigenvalue weighted by Crippen LogP contribution is 2.21. The van der Waals surface area contributed by atoms with Gasteiger partial charge in [-0.2, -0.15) is 0 Å². The second kappa shape index (κ2) is 5.87. The zero-order chi connectivity index (χ0) is 15.6. The standard InChI is InChI=1S/C15H13F3N2O/c1-8-2-3-11(16)9(4-8)7-20-14-5-10(15(19)21)12(17)6-13(14)18/h2-6,20H,7H2,1H3,(H2,19,21). The summed E-state index contributed by atoms with van der Waals surface area (Å²) in [6, 6.07) is 6.07. The molecule has 0 aliphatic heterocycles. The second-order valence-corrected chi connectivity index (χ2v) is 4.62. The van der Waals surface area contributed by atoms with E-state index in [1.165, 1.54) is 6.07 Å². The highest BCUT2D eigenvalue weighted by atomic mass is 19.1. The molecule has 0 radical (unpaired) electrons. The van der Waals surface area contributed by atoms with Crippen molar-refractivity contribution in [3.05, 3.63) is 64.5 Å². The van der Waals surface area contributed by atoms with Gasteiger partial charge in [0, 0.05) is 18.2 Å². The van der Waals surface area contributed by atoms with E-state index < -0.39 is 28.9 Å². The SMILES string of the molecule is Cc1ccc(F)c(CNc2cc(C(N)=O)c(F)cc2F)c1. The average molecular weight is 294 g/mol. The van der Waals surface area contributed by atoms with E-state index in [1.54, 1.807) is 19.1 Å². The Kier molecular flexibility index (Phi) is 4.16. The topological polar surface area (TPSA) is 55.1 Å². The number of primary amides is 1. The average Bonchev–Trinajstić information content (AvgIpc) is 2.41. The Bertz CT molecular complexity index is 702. The Labute approximate surface area is 119 Å². The molecule has 0 saturated carbocycles. The van der Waals surface area contributed by atoms with Gasteiger partial charge in [0.2, 0.25) is 0 Å². The Morgan fingerprint density at radius 3 is 2.48 bits per heavy atom. The fraction of sp³-hybridized carbons (Fsp3) is 0.133. The van der Waals surface area contributed by atoms with Crippen LogP contribution in [0.3, 0.4) is 0 Å². The number of nitrogens with one attached hydrogen (secondary N) is 1. The van der Waals surface area contributed by atoms with Gasteiger partial charge in [-0.1, -0.05) is 17.7 Å². The number of nitrogens with two attached hydrogens (primary N) is 1. The molecule has 0 atom stereocenters. The minimum Gasteiger partial charge on any atom is -0.378 e. The molecule has 0 aliphatic rings. The summed E-state index contributed by atoms with van der Waals surface area (Å²) in [7, 11) is 0. The first-order valence-corrected chi connectivity index (χ1v) is 6.16. The Balaban J connectivity index is 2.25. The molecule has 3 nitrogen and oxygen atoms in total. The van der Waals surface area contributed by atoms with Crippen LogP contribution in [0.1, 0.15) is 21.5 Å². The monoisotopic (exact) mass is 294 g/mol. The van der Waals surface area contributed by atoms with E-state index in [0.717, 1.165) is 11.6 Å². The number of amides is 1. The van der Waals surface area contributed by atoms with E-state index in [-0.39, 0.29) is 12.2 Å². The molecule has 0 bridgehead atoms. The maximum atomic E-state index is 13.6. The van der Waals surface area contributed by atoms with Gasteiger partial charge in [0.15, 0.2) is 0 Å². The van der Waals surface area contributed by atoms with E-state index in [9.17, 15) is 18.0 Å². The summed E-state index contributed by atoms with van der Waals surface area (Å²) in [5.74, 6) is -3.36. The Morgan fingerprint density at radius 1 is 1.10 bits per heavy atom. The fourth-order valence-electron chi connectivity index (χ4n) is 1.90. The summed E-state index contributed by atoms with van der Waals surface area (Å²) < 4.78 is 40.5. The van der Waals surface area contributed by atoms with Gasteiger partial charge in [-0.05, 0) is 19.1 Å². The fourth-order valence-corrected chi connectivity index (χ4v) is 1.90.